The summed E-state index contributed by atoms with van der Waals surface area (Å²) in [4.78, 5) is 37.0. The molecule has 1 aromatic carbocycles. The molecule has 4 rings (SSSR count). The van der Waals surface area contributed by atoms with Crippen LogP contribution in [0.4, 0.5) is 11.8 Å². The van der Waals surface area contributed by atoms with Gasteiger partial charge >= 0.3 is 0 Å². The molecule has 0 bridgehead atoms. The molecule has 0 unspecified atom stereocenters. The van der Waals surface area contributed by atoms with Crippen LogP contribution < -0.4 is 15.1 Å². The number of likely N-dealkylation sites (N-methyl/N-ethyl adjacent to an activating group) is 1. The Morgan fingerprint density at radius 3 is 2.70 bits per heavy atom. The zero-order valence-corrected chi connectivity index (χ0v) is 16.9. The second kappa shape index (κ2) is 8.52. The van der Waals surface area contributed by atoms with E-state index >= 15 is 0 Å². The van der Waals surface area contributed by atoms with Crippen molar-refractivity contribution in [1.29, 1.82) is 0 Å². The molecule has 2 aliphatic rings. The van der Waals surface area contributed by atoms with Crippen LogP contribution in [-0.4, -0.2) is 53.6 Å². The lowest BCUT2D eigenvalue weighted by molar-refractivity contribution is -0.113. The van der Waals surface area contributed by atoms with Gasteiger partial charge in [0.15, 0.2) is 0 Å². The number of carbonyl (C=O) groups excluding carboxylic acids is 2. The summed E-state index contributed by atoms with van der Waals surface area (Å²) < 4.78 is 0. The lowest BCUT2D eigenvalue weighted by Crippen LogP contribution is -2.31. The standard InChI is InChI=1S/C22H25N5O3/c1-26(10-9-15-5-3-2-4-6-15)22-24-18(21(30)23-13-16-7-8-16)12-19(25-22)27-14-17(28)11-20(27)29/h2-6,11-12,16,28H,7-10,13-14H2,1H3,(H,23,30). The Balaban J connectivity index is 1.55. The number of benzene rings is 1. The molecule has 1 aromatic heterocycles. The Hall–Kier alpha value is -3.42. The molecule has 1 aliphatic carbocycles. The maximum absolute atomic E-state index is 12.7. The van der Waals surface area contributed by atoms with E-state index in [0.29, 0.717) is 30.8 Å². The molecule has 156 valence electrons. The van der Waals surface area contributed by atoms with Gasteiger partial charge < -0.3 is 15.3 Å². The summed E-state index contributed by atoms with van der Waals surface area (Å²) in [5, 5.41) is 12.6. The second-order valence-electron chi connectivity index (χ2n) is 7.78. The average molecular weight is 407 g/mol. The predicted octanol–water partition coefficient (Wildman–Crippen LogP) is 2.08. The number of rotatable bonds is 8. The number of amides is 2. The van der Waals surface area contributed by atoms with Crippen molar-refractivity contribution >= 4 is 23.6 Å². The Morgan fingerprint density at radius 2 is 2.03 bits per heavy atom. The van der Waals surface area contributed by atoms with Gasteiger partial charge in [0.1, 0.15) is 17.3 Å². The largest absolute Gasteiger partial charge is 0.510 e. The molecule has 8 nitrogen and oxygen atoms in total. The minimum absolute atomic E-state index is 0.0303. The van der Waals surface area contributed by atoms with Crippen molar-refractivity contribution < 1.29 is 14.7 Å². The molecule has 2 N–H and O–H groups in total. The summed E-state index contributed by atoms with van der Waals surface area (Å²) in [5.74, 6) is 0.523. The molecule has 1 aliphatic heterocycles. The summed E-state index contributed by atoms with van der Waals surface area (Å²) in [6, 6.07) is 11.6. The lowest BCUT2D eigenvalue weighted by Gasteiger charge is -2.21. The molecule has 0 spiro atoms. The van der Waals surface area contributed by atoms with Gasteiger partial charge in [-0.15, -0.1) is 0 Å². The second-order valence-corrected chi connectivity index (χ2v) is 7.78. The topological polar surface area (TPSA) is 98.7 Å². The van der Waals surface area contributed by atoms with Crippen LogP contribution in [0.1, 0.15) is 28.9 Å². The molecule has 2 heterocycles. The fourth-order valence-corrected chi connectivity index (χ4v) is 3.24. The van der Waals surface area contributed by atoms with Gasteiger partial charge in [0.2, 0.25) is 5.95 Å². The predicted molar refractivity (Wildman–Crippen MR) is 114 cm³/mol. The number of aromatic nitrogens is 2. The molecular formula is C22H25N5O3. The van der Waals surface area contributed by atoms with Crippen molar-refractivity contribution in [2.45, 2.75) is 19.3 Å². The fourth-order valence-electron chi connectivity index (χ4n) is 3.24. The average Bonchev–Trinajstić information content (AvgIpc) is 3.52. The highest BCUT2D eigenvalue weighted by atomic mass is 16.3. The third-order valence-electron chi connectivity index (χ3n) is 5.25. The Bertz CT molecular complexity index is 972. The minimum atomic E-state index is -0.367. The van der Waals surface area contributed by atoms with Gasteiger partial charge in [0.25, 0.3) is 11.8 Å². The zero-order valence-electron chi connectivity index (χ0n) is 16.9. The van der Waals surface area contributed by atoms with E-state index in [1.807, 2.05) is 30.1 Å². The highest BCUT2D eigenvalue weighted by Gasteiger charge is 2.27. The van der Waals surface area contributed by atoms with Gasteiger partial charge in [-0.05, 0) is 30.7 Å². The van der Waals surface area contributed by atoms with Crippen LogP contribution in [0.5, 0.6) is 0 Å². The molecule has 1 saturated carbocycles. The van der Waals surface area contributed by atoms with Crippen LogP contribution in [0.15, 0.2) is 48.2 Å². The Kier molecular flexibility index (Phi) is 5.65. The summed E-state index contributed by atoms with van der Waals surface area (Å²) in [7, 11) is 1.86. The van der Waals surface area contributed by atoms with Gasteiger partial charge in [0, 0.05) is 32.3 Å². The van der Waals surface area contributed by atoms with Crippen molar-refractivity contribution in [3.63, 3.8) is 0 Å². The highest BCUT2D eigenvalue weighted by Crippen LogP contribution is 2.28. The molecule has 30 heavy (non-hydrogen) atoms. The number of carbonyl (C=O) groups is 2. The summed E-state index contributed by atoms with van der Waals surface area (Å²) in [5.41, 5.74) is 1.40. The maximum Gasteiger partial charge on any atom is 0.270 e. The SMILES string of the molecule is CN(CCc1ccccc1)c1nc(C(=O)NCC2CC2)cc(N2CC(O)=CC2=O)n1. The van der Waals surface area contributed by atoms with E-state index in [2.05, 4.69) is 27.4 Å². The number of nitrogens with zero attached hydrogens (tertiary/aromatic N) is 4. The smallest absolute Gasteiger partial charge is 0.270 e. The molecule has 2 aromatic rings. The van der Waals surface area contributed by atoms with Crippen molar-refractivity contribution in [1.82, 2.24) is 15.3 Å². The number of hydrogen-bond donors (Lipinski definition) is 2. The van der Waals surface area contributed by atoms with Gasteiger partial charge in [0.05, 0.1) is 6.54 Å². The molecule has 0 atom stereocenters. The fraction of sp³-hybridized carbons (Fsp3) is 0.364. The van der Waals surface area contributed by atoms with Gasteiger partial charge in [-0.3, -0.25) is 14.5 Å². The molecule has 2 amide bonds. The van der Waals surface area contributed by atoms with E-state index in [4.69, 9.17) is 0 Å². The normalized spacial score (nSPS) is 15.8. The molecule has 8 heteroatoms. The van der Waals surface area contributed by atoms with E-state index < -0.39 is 0 Å². The monoisotopic (exact) mass is 407 g/mol. The highest BCUT2D eigenvalue weighted by molar-refractivity contribution is 6.04. The van der Waals surface area contributed by atoms with Crippen molar-refractivity contribution in [3.05, 3.63) is 59.5 Å². The van der Waals surface area contributed by atoms with Crippen molar-refractivity contribution in [2.75, 3.05) is 36.5 Å². The van der Waals surface area contributed by atoms with Crippen LogP contribution in [0.25, 0.3) is 0 Å². The first-order valence-electron chi connectivity index (χ1n) is 10.1. The molecular weight excluding hydrogens is 382 g/mol. The van der Waals surface area contributed by atoms with E-state index in [1.165, 1.54) is 16.5 Å². The van der Waals surface area contributed by atoms with Crippen molar-refractivity contribution in [2.24, 2.45) is 5.92 Å². The van der Waals surface area contributed by atoms with Gasteiger partial charge in [-0.25, -0.2) is 4.98 Å². The summed E-state index contributed by atoms with van der Waals surface area (Å²) in [6.45, 7) is 1.31. The lowest BCUT2D eigenvalue weighted by atomic mass is 10.1. The number of aliphatic hydroxyl groups is 1. The summed E-state index contributed by atoms with van der Waals surface area (Å²) >= 11 is 0. The number of anilines is 2. The quantitative estimate of drug-likeness (QED) is 0.695. The minimum Gasteiger partial charge on any atom is -0.510 e. The van der Waals surface area contributed by atoms with Gasteiger partial charge in [-0.2, -0.15) is 4.98 Å². The van der Waals surface area contributed by atoms with Crippen LogP contribution >= 0.6 is 0 Å². The zero-order chi connectivity index (χ0) is 21.1. The van der Waals surface area contributed by atoms with Crippen LogP contribution in [0.2, 0.25) is 0 Å². The van der Waals surface area contributed by atoms with Crippen LogP contribution in [-0.2, 0) is 11.2 Å². The third kappa shape index (κ3) is 4.76. The number of aliphatic hydroxyl groups excluding tert-OH is 1. The Morgan fingerprint density at radius 1 is 1.27 bits per heavy atom. The first-order chi connectivity index (χ1) is 14.5. The number of hydrogen-bond acceptors (Lipinski definition) is 6. The summed E-state index contributed by atoms with van der Waals surface area (Å²) in [6.07, 6.45) is 4.22. The van der Waals surface area contributed by atoms with E-state index in [0.717, 1.165) is 25.3 Å². The molecule has 0 radical (unpaired) electrons. The third-order valence-corrected chi connectivity index (χ3v) is 5.25. The molecule has 0 saturated heterocycles. The Labute approximate surface area is 175 Å². The van der Waals surface area contributed by atoms with E-state index in [-0.39, 0.29) is 29.8 Å². The van der Waals surface area contributed by atoms with E-state index in [1.54, 1.807) is 0 Å². The van der Waals surface area contributed by atoms with Gasteiger partial charge in [-0.1, -0.05) is 30.3 Å². The first-order valence-corrected chi connectivity index (χ1v) is 10.1. The molecule has 1 fully saturated rings. The van der Waals surface area contributed by atoms with E-state index in [9.17, 15) is 14.7 Å². The van der Waals surface area contributed by atoms with Crippen LogP contribution in [0.3, 0.4) is 0 Å². The maximum atomic E-state index is 12.7. The van der Waals surface area contributed by atoms with Crippen LogP contribution in [0, 0.1) is 5.92 Å². The van der Waals surface area contributed by atoms with Crippen molar-refractivity contribution in [3.8, 4) is 0 Å². The number of nitrogens with one attached hydrogen (secondary N) is 1. The first kappa shape index (κ1) is 19.9.